The van der Waals surface area contributed by atoms with Crippen LogP contribution >= 0.6 is 0 Å². The number of aromatic nitrogens is 2. The molecule has 2 aromatic rings. The Kier molecular flexibility index (Phi) is 4.84. The maximum atomic E-state index is 12.5. The van der Waals surface area contributed by atoms with Crippen molar-refractivity contribution in [1.29, 1.82) is 0 Å². The Morgan fingerprint density at radius 3 is 2.76 bits per heavy atom. The lowest BCUT2D eigenvalue weighted by molar-refractivity contribution is -0.136. The molecule has 6 rings (SSSR count). The van der Waals surface area contributed by atoms with Crippen molar-refractivity contribution in [1.82, 2.24) is 14.9 Å². The van der Waals surface area contributed by atoms with Crippen molar-refractivity contribution in [3.63, 3.8) is 0 Å². The number of H-pyrrole nitrogens is 1. The average molecular weight is 446 g/mol. The smallest absolute Gasteiger partial charge is 0.226 e. The van der Waals surface area contributed by atoms with Gasteiger partial charge in [0.2, 0.25) is 5.91 Å². The molecule has 1 aromatic carbocycles. The molecule has 4 nitrogen and oxygen atoms in total. The number of carbonyl (C=O) groups is 1. The third-order valence-electron chi connectivity index (χ3n) is 10.7. The number of aryl methyl sites for hydroxylation is 1. The van der Waals surface area contributed by atoms with Crippen LogP contribution in [0.3, 0.4) is 0 Å². The standard InChI is InChI=1S/C29H39N3O/c1-18-17-20-21-11-9-19(10-12-25-30-23-7-5-6-8-24(23)31-25)28(21,2)15-13-22(20)29(3)16-14-26(33)32(4)27(18)29/h5-8,19-22H,9-17H2,1-4H3,(H,30,31)/t19?,20-,21-,22+,28+,29+/m0/s1. The number of piperidine rings is 1. The van der Waals surface area contributed by atoms with Crippen LogP contribution in [0.4, 0.5) is 0 Å². The van der Waals surface area contributed by atoms with Crippen LogP contribution in [0.1, 0.15) is 78.0 Å². The summed E-state index contributed by atoms with van der Waals surface area (Å²) in [5, 5.41) is 0. The number of amides is 1. The zero-order chi connectivity index (χ0) is 23.0. The predicted octanol–water partition coefficient (Wildman–Crippen LogP) is 6.49. The van der Waals surface area contributed by atoms with E-state index in [1.165, 1.54) is 49.8 Å². The number of hydrogen-bond acceptors (Lipinski definition) is 2. The summed E-state index contributed by atoms with van der Waals surface area (Å²) in [5.74, 6) is 4.61. The molecular formula is C29H39N3O. The molecule has 2 saturated carbocycles. The molecule has 4 aliphatic rings. The molecule has 6 atom stereocenters. The number of imidazole rings is 1. The first-order chi connectivity index (χ1) is 15.8. The Hall–Kier alpha value is -2.10. The molecule has 1 saturated heterocycles. The molecule has 1 N–H and O–H groups in total. The fraction of sp³-hybridized carbons (Fsp3) is 0.655. The molecule has 3 aliphatic carbocycles. The largest absolute Gasteiger partial charge is 0.342 e. The van der Waals surface area contributed by atoms with Gasteiger partial charge in [0.25, 0.3) is 0 Å². The van der Waals surface area contributed by atoms with Crippen LogP contribution in [0, 0.1) is 34.5 Å². The molecule has 0 bridgehead atoms. The average Bonchev–Trinajstić information content (AvgIpc) is 3.35. The van der Waals surface area contributed by atoms with E-state index in [-0.39, 0.29) is 5.41 Å². The summed E-state index contributed by atoms with van der Waals surface area (Å²) in [5.41, 5.74) is 5.76. The van der Waals surface area contributed by atoms with Gasteiger partial charge in [0, 0.05) is 31.0 Å². The van der Waals surface area contributed by atoms with Gasteiger partial charge in [0.05, 0.1) is 11.0 Å². The maximum Gasteiger partial charge on any atom is 0.226 e. The van der Waals surface area contributed by atoms with Crippen molar-refractivity contribution < 1.29 is 4.79 Å². The number of likely N-dealkylation sites (tertiary alicyclic amines) is 1. The van der Waals surface area contributed by atoms with Crippen molar-refractivity contribution in [2.45, 2.75) is 78.6 Å². The van der Waals surface area contributed by atoms with Crippen molar-refractivity contribution in [3.8, 4) is 0 Å². The summed E-state index contributed by atoms with van der Waals surface area (Å²) < 4.78 is 0. The summed E-state index contributed by atoms with van der Waals surface area (Å²) in [4.78, 5) is 22.9. The first kappa shape index (κ1) is 21.4. The van der Waals surface area contributed by atoms with Crippen molar-refractivity contribution in [3.05, 3.63) is 41.4 Å². The number of rotatable bonds is 3. The van der Waals surface area contributed by atoms with Gasteiger partial charge in [-0.05, 0) is 93.1 Å². The molecule has 0 radical (unpaired) electrons. The zero-order valence-electron chi connectivity index (χ0n) is 20.8. The molecule has 3 fully saturated rings. The highest BCUT2D eigenvalue weighted by Gasteiger charge is 2.59. The van der Waals surface area contributed by atoms with Crippen LogP contribution in [-0.2, 0) is 11.2 Å². The van der Waals surface area contributed by atoms with Gasteiger partial charge in [0.15, 0.2) is 0 Å². The van der Waals surface area contributed by atoms with E-state index in [4.69, 9.17) is 4.98 Å². The van der Waals surface area contributed by atoms with E-state index in [1.807, 2.05) is 11.9 Å². The number of aromatic amines is 1. The summed E-state index contributed by atoms with van der Waals surface area (Å²) in [7, 11) is 2.02. The summed E-state index contributed by atoms with van der Waals surface area (Å²) in [6.45, 7) is 7.43. The number of benzene rings is 1. The molecule has 1 aromatic heterocycles. The molecular weight excluding hydrogens is 406 g/mol. The molecule has 2 heterocycles. The Balaban J connectivity index is 1.23. The van der Waals surface area contributed by atoms with Crippen LogP contribution in [0.2, 0.25) is 0 Å². The van der Waals surface area contributed by atoms with Gasteiger partial charge < -0.3 is 9.88 Å². The molecule has 33 heavy (non-hydrogen) atoms. The van der Waals surface area contributed by atoms with Crippen LogP contribution < -0.4 is 0 Å². The van der Waals surface area contributed by atoms with Crippen LogP contribution in [0.15, 0.2) is 35.5 Å². The normalized spacial score (nSPS) is 38.4. The number of allylic oxidation sites excluding steroid dienone is 2. The minimum absolute atomic E-state index is 0.184. The molecule has 1 unspecified atom stereocenters. The van der Waals surface area contributed by atoms with E-state index in [0.29, 0.717) is 11.3 Å². The molecule has 0 spiro atoms. The fourth-order valence-corrected chi connectivity index (χ4v) is 9.13. The monoisotopic (exact) mass is 445 g/mol. The Morgan fingerprint density at radius 1 is 1.12 bits per heavy atom. The third-order valence-corrected chi connectivity index (χ3v) is 10.7. The number of nitrogens with zero attached hydrogens (tertiary/aromatic N) is 2. The molecule has 1 aliphatic heterocycles. The number of hydrogen-bond donors (Lipinski definition) is 1. The zero-order valence-corrected chi connectivity index (χ0v) is 20.8. The Morgan fingerprint density at radius 2 is 1.94 bits per heavy atom. The van der Waals surface area contributed by atoms with Gasteiger partial charge in [-0.2, -0.15) is 0 Å². The van der Waals surface area contributed by atoms with E-state index in [0.717, 1.165) is 59.8 Å². The van der Waals surface area contributed by atoms with Gasteiger partial charge in [-0.3, -0.25) is 4.79 Å². The van der Waals surface area contributed by atoms with E-state index < -0.39 is 0 Å². The summed E-state index contributed by atoms with van der Waals surface area (Å²) in [6.07, 6.45) is 10.7. The minimum atomic E-state index is 0.184. The van der Waals surface area contributed by atoms with E-state index in [9.17, 15) is 4.79 Å². The minimum Gasteiger partial charge on any atom is -0.342 e. The number of carbonyl (C=O) groups excluding carboxylic acids is 1. The van der Waals surface area contributed by atoms with Crippen molar-refractivity contribution in [2.24, 2.45) is 34.5 Å². The van der Waals surface area contributed by atoms with Crippen molar-refractivity contribution >= 4 is 16.9 Å². The van der Waals surface area contributed by atoms with Gasteiger partial charge in [-0.1, -0.05) is 31.6 Å². The second-order valence-electron chi connectivity index (χ2n) is 12.1. The highest BCUT2D eigenvalue weighted by Crippen LogP contribution is 2.67. The Bertz CT molecular complexity index is 1100. The number of nitrogens with one attached hydrogen (secondary N) is 1. The highest BCUT2D eigenvalue weighted by atomic mass is 16.2. The quantitative estimate of drug-likeness (QED) is 0.587. The first-order valence-electron chi connectivity index (χ1n) is 13.2. The van der Waals surface area contributed by atoms with Crippen LogP contribution in [-0.4, -0.2) is 27.8 Å². The molecule has 1 amide bonds. The molecule has 4 heteroatoms. The summed E-state index contributed by atoms with van der Waals surface area (Å²) >= 11 is 0. The van der Waals surface area contributed by atoms with Gasteiger partial charge in [0.1, 0.15) is 5.82 Å². The van der Waals surface area contributed by atoms with Crippen LogP contribution in [0.5, 0.6) is 0 Å². The van der Waals surface area contributed by atoms with E-state index in [1.54, 1.807) is 0 Å². The number of fused-ring (bicyclic) bond motifs is 6. The third kappa shape index (κ3) is 3.08. The lowest BCUT2D eigenvalue weighted by Gasteiger charge is -2.59. The summed E-state index contributed by atoms with van der Waals surface area (Å²) in [6, 6.07) is 8.38. The van der Waals surface area contributed by atoms with E-state index in [2.05, 4.69) is 50.0 Å². The second kappa shape index (κ2) is 7.45. The van der Waals surface area contributed by atoms with Gasteiger partial charge in [-0.15, -0.1) is 0 Å². The second-order valence-corrected chi connectivity index (χ2v) is 12.1. The van der Waals surface area contributed by atoms with Gasteiger partial charge >= 0.3 is 0 Å². The molecule has 176 valence electrons. The SMILES string of the molecule is CC1=C2N(C)C(=O)CC[C@]2(C)[C@@H]2CC[C@]3(C)C(CCc4nc5ccccc5[nH]4)CC[C@H]3[C@@H]2C1. The lowest BCUT2D eigenvalue weighted by atomic mass is 9.48. The van der Waals surface area contributed by atoms with Crippen LogP contribution in [0.25, 0.3) is 11.0 Å². The van der Waals surface area contributed by atoms with Crippen molar-refractivity contribution in [2.75, 3.05) is 7.05 Å². The van der Waals surface area contributed by atoms with Gasteiger partial charge in [-0.25, -0.2) is 4.98 Å². The fourth-order valence-electron chi connectivity index (χ4n) is 9.13. The van der Waals surface area contributed by atoms with E-state index >= 15 is 0 Å². The topological polar surface area (TPSA) is 49.0 Å². The Labute approximate surface area is 198 Å². The maximum absolute atomic E-state index is 12.5. The lowest BCUT2D eigenvalue weighted by Crippen LogP contribution is -2.54. The first-order valence-corrected chi connectivity index (χ1v) is 13.2. The highest BCUT2D eigenvalue weighted by molar-refractivity contribution is 5.80. The number of para-hydroxylation sites is 2. The predicted molar refractivity (Wildman–Crippen MR) is 132 cm³/mol.